The number of nitrogens with zero attached hydrogens (tertiary/aromatic N) is 3. The standard InChI is InChI=1S/C18H12N4O2/c23-18(24)11-6-7-13-14(10-11)22-17(16-15(13)19-8-9-20-16)21-12-4-2-1-3-5-12/h1-10H,(H,21,22)(H,23,24). The first kappa shape index (κ1) is 14.1. The Balaban J connectivity index is 1.97. The van der Waals surface area contributed by atoms with Gasteiger partial charge in [0.2, 0.25) is 0 Å². The largest absolute Gasteiger partial charge is 0.478 e. The predicted octanol–water partition coefficient (Wildman–Crippen LogP) is 3.62. The molecule has 0 bridgehead atoms. The maximum Gasteiger partial charge on any atom is 0.335 e. The molecule has 24 heavy (non-hydrogen) atoms. The molecule has 2 aromatic carbocycles. The summed E-state index contributed by atoms with van der Waals surface area (Å²) in [6.45, 7) is 0. The molecule has 0 unspecified atom stereocenters. The smallest absolute Gasteiger partial charge is 0.335 e. The van der Waals surface area contributed by atoms with Gasteiger partial charge >= 0.3 is 5.97 Å². The zero-order chi connectivity index (χ0) is 16.5. The van der Waals surface area contributed by atoms with Crippen molar-refractivity contribution in [1.82, 2.24) is 15.0 Å². The Bertz CT molecular complexity index is 1060. The minimum atomic E-state index is -0.990. The second-order valence-electron chi connectivity index (χ2n) is 5.24. The van der Waals surface area contributed by atoms with Gasteiger partial charge in [0.25, 0.3) is 0 Å². The molecule has 2 N–H and O–H groups in total. The highest BCUT2D eigenvalue weighted by Crippen LogP contribution is 2.28. The van der Waals surface area contributed by atoms with Crippen LogP contribution in [0.15, 0.2) is 60.9 Å². The summed E-state index contributed by atoms with van der Waals surface area (Å²) in [6, 6.07) is 14.4. The van der Waals surface area contributed by atoms with Crippen molar-refractivity contribution in [2.45, 2.75) is 0 Å². The lowest BCUT2D eigenvalue weighted by molar-refractivity contribution is 0.0697. The Morgan fingerprint density at radius 2 is 1.71 bits per heavy atom. The number of nitrogens with one attached hydrogen (secondary N) is 1. The SMILES string of the molecule is O=C(O)c1ccc2c(c1)nc(Nc1ccccc1)c1nccnc12. The second-order valence-corrected chi connectivity index (χ2v) is 5.24. The second kappa shape index (κ2) is 5.58. The molecule has 4 aromatic rings. The molecule has 0 saturated carbocycles. The fourth-order valence-corrected chi connectivity index (χ4v) is 2.58. The number of carboxylic acids is 1. The van der Waals surface area contributed by atoms with Gasteiger partial charge in [0, 0.05) is 23.5 Å². The van der Waals surface area contributed by atoms with Crippen LogP contribution in [0.2, 0.25) is 0 Å². The number of aromatic nitrogens is 3. The highest BCUT2D eigenvalue weighted by atomic mass is 16.4. The van der Waals surface area contributed by atoms with Gasteiger partial charge < -0.3 is 10.4 Å². The van der Waals surface area contributed by atoms with E-state index in [9.17, 15) is 9.90 Å². The topological polar surface area (TPSA) is 88.0 Å². The van der Waals surface area contributed by atoms with Crippen LogP contribution in [0.5, 0.6) is 0 Å². The first-order valence-electron chi connectivity index (χ1n) is 7.32. The Morgan fingerprint density at radius 3 is 2.46 bits per heavy atom. The van der Waals surface area contributed by atoms with Crippen molar-refractivity contribution in [2.75, 3.05) is 5.32 Å². The summed E-state index contributed by atoms with van der Waals surface area (Å²) in [5.41, 5.74) is 2.92. The molecule has 2 aromatic heterocycles. The molecule has 0 spiro atoms. The third-order valence-corrected chi connectivity index (χ3v) is 3.69. The molecule has 116 valence electrons. The number of hydrogen-bond donors (Lipinski definition) is 2. The Kier molecular flexibility index (Phi) is 3.28. The van der Waals surface area contributed by atoms with E-state index in [1.807, 2.05) is 30.3 Å². The normalized spacial score (nSPS) is 10.8. The van der Waals surface area contributed by atoms with Gasteiger partial charge in [0.05, 0.1) is 11.1 Å². The number of carboxylic acid groups (broad SMARTS) is 1. The van der Waals surface area contributed by atoms with Crippen molar-refractivity contribution in [3.63, 3.8) is 0 Å². The molecule has 0 fully saturated rings. The van der Waals surface area contributed by atoms with Crippen LogP contribution in [0.4, 0.5) is 11.5 Å². The van der Waals surface area contributed by atoms with E-state index in [0.29, 0.717) is 22.4 Å². The van der Waals surface area contributed by atoms with E-state index >= 15 is 0 Å². The van der Waals surface area contributed by atoms with Gasteiger partial charge in [-0.05, 0) is 30.3 Å². The van der Waals surface area contributed by atoms with Crippen LogP contribution in [-0.2, 0) is 0 Å². The maximum absolute atomic E-state index is 11.2. The van der Waals surface area contributed by atoms with E-state index in [4.69, 9.17) is 0 Å². The summed E-state index contributed by atoms with van der Waals surface area (Å²) in [5, 5.41) is 13.2. The number of fused-ring (bicyclic) bond motifs is 3. The van der Waals surface area contributed by atoms with Gasteiger partial charge in [0.15, 0.2) is 5.82 Å². The molecule has 2 heterocycles. The van der Waals surface area contributed by atoms with Crippen molar-refractivity contribution in [1.29, 1.82) is 0 Å². The molecule has 0 aliphatic rings. The van der Waals surface area contributed by atoms with Crippen molar-refractivity contribution in [3.05, 3.63) is 66.5 Å². The number of para-hydroxylation sites is 1. The highest BCUT2D eigenvalue weighted by Gasteiger charge is 2.13. The molecule has 0 saturated heterocycles. The summed E-state index contributed by atoms with van der Waals surface area (Å²) in [4.78, 5) is 24.6. The van der Waals surface area contributed by atoms with E-state index < -0.39 is 5.97 Å². The number of aromatic carboxylic acids is 1. The molecule has 0 aliphatic heterocycles. The number of rotatable bonds is 3. The average Bonchev–Trinajstić information content (AvgIpc) is 2.62. The molecular weight excluding hydrogens is 304 g/mol. The number of carbonyl (C=O) groups is 1. The van der Waals surface area contributed by atoms with Gasteiger partial charge in [0.1, 0.15) is 11.0 Å². The van der Waals surface area contributed by atoms with Crippen molar-refractivity contribution in [2.24, 2.45) is 0 Å². The molecular formula is C18H12N4O2. The fraction of sp³-hybridized carbons (Fsp3) is 0. The van der Waals surface area contributed by atoms with Crippen LogP contribution < -0.4 is 5.32 Å². The number of benzene rings is 2. The lowest BCUT2D eigenvalue weighted by Gasteiger charge is -2.10. The first-order chi connectivity index (χ1) is 11.7. The molecule has 6 heteroatoms. The van der Waals surface area contributed by atoms with Crippen LogP contribution in [0.25, 0.3) is 21.9 Å². The molecule has 0 radical (unpaired) electrons. The molecule has 6 nitrogen and oxygen atoms in total. The third-order valence-electron chi connectivity index (χ3n) is 3.69. The zero-order valence-electron chi connectivity index (χ0n) is 12.5. The molecule has 0 atom stereocenters. The highest BCUT2D eigenvalue weighted by molar-refractivity contribution is 6.08. The Hall–Kier alpha value is -3.54. The van der Waals surface area contributed by atoms with E-state index in [1.54, 1.807) is 30.6 Å². The van der Waals surface area contributed by atoms with E-state index in [2.05, 4.69) is 20.3 Å². The average molecular weight is 316 g/mol. The summed E-state index contributed by atoms with van der Waals surface area (Å²) in [6.07, 6.45) is 3.22. The lowest BCUT2D eigenvalue weighted by atomic mass is 10.1. The summed E-state index contributed by atoms with van der Waals surface area (Å²) in [5.74, 6) is -0.449. The van der Waals surface area contributed by atoms with Gasteiger partial charge in [-0.25, -0.2) is 14.8 Å². The molecule has 0 aliphatic carbocycles. The van der Waals surface area contributed by atoms with Gasteiger partial charge in [-0.15, -0.1) is 0 Å². The van der Waals surface area contributed by atoms with Crippen molar-refractivity contribution < 1.29 is 9.90 Å². The monoisotopic (exact) mass is 316 g/mol. The van der Waals surface area contributed by atoms with Gasteiger partial charge in [-0.3, -0.25) is 4.98 Å². The first-order valence-corrected chi connectivity index (χ1v) is 7.32. The Labute approximate surface area is 136 Å². The van der Waals surface area contributed by atoms with E-state index in [-0.39, 0.29) is 5.56 Å². The minimum absolute atomic E-state index is 0.184. The third kappa shape index (κ3) is 2.40. The van der Waals surface area contributed by atoms with Crippen LogP contribution in [0.1, 0.15) is 10.4 Å². The summed E-state index contributed by atoms with van der Waals surface area (Å²) < 4.78 is 0. The van der Waals surface area contributed by atoms with E-state index in [0.717, 1.165) is 11.1 Å². The summed E-state index contributed by atoms with van der Waals surface area (Å²) >= 11 is 0. The van der Waals surface area contributed by atoms with Crippen LogP contribution >= 0.6 is 0 Å². The maximum atomic E-state index is 11.2. The zero-order valence-corrected chi connectivity index (χ0v) is 12.5. The van der Waals surface area contributed by atoms with Crippen LogP contribution in [0.3, 0.4) is 0 Å². The fourth-order valence-electron chi connectivity index (χ4n) is 2.58. The number of anilines is 2. The Morgan fingerprint density at radius 1 is 0.958 bits per heavy atom. The molecule has 4 rings (SSSR count). The van der Waals surface area contributed by atoms with Crippen molar-refractivity contribution >= 4 is 39.4 Å². The minimum Gasteiger partial charge on any atom is -0.478 e. The van der Waals surface area contributed by atoms with Gasteiger partial charge in [-0.1, -0.05) is 18.2 Å². The van der Waals surface area contributed by atoms with Crippen molar-refractivity contribution in [3.8, 4) is 0 Å². The van der Waals surface area contributed by atoms with Crippen LogP contribution in [-0.4, -0.2) is 26.0 Å². The van der Waals surface area contributed by atoms with Crippen LogP contribution in [0, 0.1) is 0 Å². The number of pyridine rings is 1. The lowest BCUT2D eigenvalue weighted by Crippen LogP contribution is -2.00. The quantitative estimate of drug-likeness (QED) is 0.561. The summed E-state index contributed by atoms with van der Waals surface area (Å²) in [7, 11) is 0. The predicted molar refractivity (Wildman–Crippen MR) is 91.5 cm³/mol. The van der Waals surface area contributed by atoms with E-state index in [1.165, 1.54) is 0 Å². The molecule has 0 amide bonds. The van der Waals surface area contributed by atoms with Gasteiger partial charge in [-0.2, -0.15) is 0 Å². The number of hydrogen-bond acceptors (Lipinski definition) is 5.